The topological polar surface area (TPSA) is 106 Å². The van der Waals surface area contributed by atoms with Crippen LogP contribution in [0.5, 0.6) is 17.2 Å². The van der Waals surface area contributed by atoms with Crippen LogP contribution in [0, 0.1) is 0 Å². The quantitative estimate of drug-likeness (QED) is 0.667. The number of amides is 1. The van der Waals surface area contributed by atoms with Gasteiger partial charge in [-0.05, 0) is 6.07 Å². The number of rotatable bonds is 8. The number of imidazole rings is 1. The van der Waals surface area contributed by atoms with Crippen molar-refractivity contribution in [2.24, 2.45) is 5.73 Å². The molecule has 29 heavy (non-hydrogen) atoms. The van der Waals surface area contributed by atoms with E-state index in [1.165, 1.54) is 0 Å². The van der Waals surface area contributed by atoms with Gasteiger partial charge in [-0.2, -0.15) is 0 Å². The van der Waals surface area contributed by atoms with Crippen LogP contribution in [0.3, 0.4) is 0 Å². The van der Waals surface area contributed by atoms with Gasteiger partial charge in [0.1, 0.15) is 0 Å². The maximum absolute atomic E-state index is 12.6. The molecule has 0 saturated carbocycles. The van der Waals surface area contributed by atoms with Crippen LogP contribution in [0.25, 0.3) is 0 Å². The SMILES string of the molecule is COc1ccc(CN2CCN(C(=O)[C@@H](N)Cc3cnc[nH]3)CC2)c(OC)c1OC. The van der Waals surface area contributed by atoms with Crippen molar-refractivity contribution >= 4 is 5.91 Å². The molecule has 1 aromatic carbocycles. The van der Waals surface area contributed by atoms with E-state index < -0.39 is 6.04 Å². The molecule has 1 atom stereocenters. The van der Waals surface area contributed by atoms with Gasteiger partial charge in [-0.1, -0.05) is 6.07 Å². The highest BCUT2D eigenvalue weighted by Crippen LogP contribution is 2.40. The maximum atomic E-state index is 12.6. The fourth-order valence-electron chi connectivity index (χ4n) is 3.61. The summed E-state index contributed by atoms with van der Waals surface area (Å²) >= 11 is 0. The smallest absolute Gasteiger partial charge is 0.239 e. The Morgan fingerprint density at radius 1 is 1.14 bits per heavy atom. The molecule has 1 fully saturated rings. The minimum Gasteiger partial charge on any atom is -0.493 e. The van der Waals surface area contributed by atoms with E-state index in [1.54, 1.807) is 33.9 Å². The number of aromatic nitrogens is 2. The Kier molecular flexibility index (Phi) is 6.95. The zero-order valence-electron chi connectivity index (χ0n) is 17.2. The molecule has 9 nitrogen and oxygen atoms in total. The van der Waals surface area contributed by atoms with E-state index in [0.717, 1.165) is 24.3 Å². The first-order valence-corrected chi connectivity index (χ1v) is 9.59. The Balaban J connectivity index is 1.58. The Labute approximate surface area is 170 Å². The summed E-state index contributed by atoms with van der Waals surface area (Å²) in [6.07, 6.45) is 3.75. The number of ether oxygens (including phenoxy) is 3. The molecule has 2 aromatic rings. The summed E-state index contributed by atoms with van der Waals surface area (Å²) < 4.78 is 16.4. The van der Waals surface area contributed by atoms with Crippen molar-refractivity contribution in [2.45, 2.75) is 19.0 Å². The van der Waals surface area contributed by atoms with E-state index >= 15 is 0 Å². The number of nitrogens with zero attached hydrogens (tertiary/aromatic N) is 3. The van der Waals surface area contributed by atoms with E-state index in [1.807, 2.05) is 17.0 Å². The van der Waals surface area contributed by atoms with Crippen molar-refractivity contribution in [1.29, 1.82) is 0 Å². The highest BCUT2D eigenvalue weighted by atomic mass is 16.5. The van der Waals surface area contributed by atoms with Crippen molar-refractivity contribution in [3.8, 4) is 17.2 Å². The van der Waals surface area contributed by atoms with Crippen LogP contribution < -0.4 is 19.9 Å². The molecule has 0 unspecified atom stereocenters. The third-order valence-corrected chi connectivity index (χ3v) is 5.18. The summed E-state index contributed by atoms with van der Waals surface area (Å²) in [6.45, 7) is 3.52. The van der Waals surface area contributed by atoms with E-state index in [9.17, 15) is 4.79 Å². The average Bonchev–Trinajstić information content (AvgIpc) is 3.26. The summed E-state index contributed by atoms with van der Waals surface area (Å²) in [7, 11) is 4.82. The molecule has 1 aliphatic rings. The van der Waals surface area contributed by atoms with Gasteiger partial charge in [-0.15, -0.1) is 0 Å². The van der Waals surface area contributed by atoms with Crippen molar-refractivity contribution < 1.29 is 19.0 Å². The molecule has 0 radical (unpaired) electrons. The molecule has 3 N–H and O–H groups in total. The number of carbonyl (C=O) groups excluding carboxylic acids is 1. The van der Waals surface area contributed by atoms with Gasteiger partial charge in [0.2, 0.25) is 11.7 Å². The zero-order valence-corrected chi connectivity index (χ0v) is 17.2. The summed E-state index contributed by atoms with van der Waals surface area (Å²) in [5, 5.41) is 0. The van der Waals surface area contributed by atoms with Crippen molar-refractivity contribution in [2.75, 3.05) is 47.5 Å². The van der Waals surface area contributed by atoms with Crippen molar-refractivity contribution in [3.63, 3.8) is 0 Å². The minimum absolute atomic E-state index is 0.0250. The first-order valence-electron chi connectivity index (χ1n) is 9.59. The number of H-pyrrole nitrogens is 1. The van der Waals surface area contributed by atoms with Crippen molar-refractivity contribution in [3.05, 3.63) is 35.9 Å². The largest absolute Gasteiger partial charge is 0.493 e. The number of nitrogens with two attached hydrogens (primary N) is 1. The van der Waals surface area contributed by atoms with E-state index in [-0.39, 0.29) is 5.91 Å². The molecule has 1 aliphatic heterocycles. The lowest BCUT2D eigenvalue weighted by atomic mass is 10.1. The molecular formula is C20H29N5O4. The number of hydrogen-bond donors (Lipinski definition) is 2. The first-order chi connectivity index (χ1) is 14.1. The van der Waals surface area contributed by atoms with E-state index in [0.29, 0.717) is 43.3 Å². The first kappa shape index (κ1) is 20.9. The number of methoxy groups -OCH3 is 3. The monoisotopic (exact) mass is 403 g/mol. The summed E-state index contributed by atoms with van der Waals surface area (Å²) in [4.78, 5) is 23.7. The van der Waals surface area contributed by atoms with Gasteiger partial charge in [0.25, 0.3) is 0 Å². The van der Waals surface area contributed by atoms with Gasteiger partial charge < -0.3 is 29.8 Å². The zero-order chi connectivity index (χ0) is 20.8. The maximum Gasteiger partial charge on any atom is 0.239 e. The Hall–Kier alpha value is -2.78. The highest BCUT2D eigenvalue weighted by Gasteiger charge is 2.26. The van der Waals surface area contributed by atoms with Crippen LogP contribution in [-0.4, -0.2) is 79.2 Å². The molecule has 3 rings (SSSR count). The highest BCUT2D eigenvalue weighted by molar-refractivity contribution is 5.82. The summed E-state index contributed by atoms with van der Waals surface area (Å²) in [6, 6.07) is 3.30. The molecule has 0 spiro atoms. The summed E-state index contributed by atoms with van der Waals surface area (Å²) in [5.41, 5.74) is 7.98. The molecule has 9 heteroatoms. The lowest BCUT2D eigenvalue weighted by Crippen LogP contribution is -2.53. The van der Waals surface area contributed by atoms with Crippen LogP contribution in [-0.2, 0) is 17.8 Å². The summed E-state index contributed by atoms with van der Waals surface area (Å²) in [5.74, 6) is 1.87. The van der Waals surface area contributed by atoms with E-state index in [2.05, 4.69) is 14.9 Å². The lowest BCUT2D eigenvalue weighted by Gasteiger charge is -2.36. The third kappa shape index (κ3) is 4.80. The molecule has 1 amide bonds. The number of aromatic amines is 1. The molecule has 158 valence electrons. The second kappa shape index (κ2) is 9.62. The molecular weight excluding hydrogens is 374 g/mol. The van der Waals surface area contributed by atoms with Crippen molar-refractivity contribution in [1.82, 2.24) is 19.8 Å². The van der Waals surface area contributed by atoms with Crippen LogP contribution in [0.1, 0.15) is 11.3 Å². The Morgan fingerprint density at radius 3 is 2.45 bits per heavy atom. The number of piperazine rings is 1. The van der Waals surface area contributed by atoms with Gasteiger partial charge in [0.15, 0.2) is 11.5 Å². The number of hydrogen-bond acceptors (Lipinski definition) is 7. The Morgan fingerprint density at radius 2 is 1.86 bits per heavy atom. The number of carbonyl (C=O) groups is 1. The molecule has 1 saturated heterocycles. The fraction of sp³-hybridized carbons (Fsp3) is 0.500. The van der Waals surface area contributed by atoms with Gasteiger partial charge in [-0.25, -0.2) is 4.98 Å². The Bertz CT molecular complexity index is 803. The molecule has 0 bridgehead atoms. The molecule has 0 aliphatic carbocycles. The fourth-order valence-corrected chi connectivity index (χ4v) is 3.61. The minimum atomic E-state index is -0.562. The molecule has 2 heterocycles. The van der Waals surface area contributed by atoms with Gasteiger partial charge in [-0.3, -0.25) is 9.69 Å². The van der Waals surface area contributed by atoms with Crippen LogP contribution in [0.2, 0.25) is 0 Å². The number of nitrogens with one attached hydrogen (secondary N) is 1. The molecule has 1 aromatic heterocycles. The predicted octanol–water partition coefficient (Wildman–Crippen LogP) is 0.650. The standard InChI is InChI=1S/C20H29N5O4/c1-27-17-5-4-14(18(28-2)19(17)29-3)12-24-6-8-25(9-7-24)20(26)16(21)10-15-11-22-13-23-15/h4-5,11,13,16H,6-10,12,21H2,1-3H3,(H,22,23)/t16-/m0/s1. The lowest BCUT2D eigenvalue weighted by molar-refractivity contribution is -0.134. The van der Waals surface area contributed by atoms with Gasteiger partial charge in [0.05, 0.1) is 33.7 Å². The predicted molar refractivity (Wildman–Crippen MR) is 108 cm³/mol. The van der Waals surface area contributed by atoms with Crippen LogP contribution in [0.15, 0.2) is 24.7 Å². The number of benzene rings is 1. The van der Waals surface area contributed by atoms with Gasteiger partial charge in [0, 0.05) is 56.6 Å². The van der Waals surface area contributed by atoms with Crippen LogP contribution in [0.4, 0.5) is 0 Å². The normalized spacial score (nSPS) is 15.8. The second-order valence-electron chi connectivity index (χ2n) is 6.98. The van der Waals surface area contributed by atoms with E-state index in [4.69, 9.17) is 19.9 Å². The van der Waals surface area contributed by atoms with Crippen LogP contribution >= 0.6 is 0 Å². The van der Waals surface area contributed by atoms with Gasteiger partial charge >= 0.3 is 0 Å². The second-order valence-corrected chi connectivity index (χ2v) is 6.98. The average molecular weight is 403 g/mol. The third-order valence-electron chi connectivity index (χ3n) is 5.18.